The predicted octanol–water partition coefficient (Wildman–Crippen LogP) is 2.81. The maximum absolute atomic E-state index is 13.6. The van der Waals surface area contributed by atoms with Crippen molar-refractivity contribution < 1.29 is 12.8 Å². The average Bonchev–Trinajstić information content (AvgIpc) is 2.13. The van der Waals surface area contributed by atoms with Gasteiger partial charge in [-0.25, -0.2) is 17.5 Å². The summed E-state index contributed by atoms with van der Waals surface area (Å²) in [6, 6.07) is 3.93. The van der Waals surface area contributed by atoms with Gasteiger partial charge in [0.15, 0.2) is 0 Å². The molecule has 0 atom stereocenters. The molecular formula is C11H13BrFNO2S. The number of hydrogen-bond donors (Lipinski definition) is 1. The molecule has 1 aliphatic rings. The summed E-state index contributed by atoms with van der Waals surface area (Å²) >= 11 is 3.09. The largest absolute Gasteiger partial charge is 0.243 e. The van der Waals surface area contributed by atoms with Crippen LogP contribution in [0.5, 0.6) is 0 Å². The van der Waals surface area contributed by atoms with Crippen LogP contribution in [0.4, 0.5) is 4.39 Å². The van der Waals surface area contributed by atoms with Crippen molar-refractivity contribution in [3.63, 3.8) is 0 Å². The molecule has 0 spiro atoms. The number of hydrogen-bond acceptors (Lipinski definition) is 2. The van der Waals surface area contributed by atoms with Crippen molar-refractivity contribution in [2.45, 2.75) is 36.6 Å². The van der Waals surface area contributed by atoms with E-state index in [0.29, 0.717) is 4.47 Å². The Kier molecular flexibility index (Phi) is 3.31. The third-order valence-electron chi connectivity index (χ3n) is 3.02. The third-order valence-corrected chi connectivity index (χ3v) is 5.19. The van der Waals surface area contributed by atoms with Crippen LogP contribution in [0.3, 0.4) is 0 Å². The van der Waals surface area contributed by atoms with Crippen molar-refractivity contribution in [3.05, 3.63) is 28.5 Å². The van der Waals surface area contributed by atoms with Crippen LogP contribution in [0.15, 0.2) is 27.6 Å². The van der Waals surface area contributed by atoms with Gasteiger partial charge < -0.3 is 0 Å². The summed E-state index contributed by atoms with van der Waals surface area (Å²) in [5.74, 6) is -0.741. The number of sulfonamides is 1. The molecule has 0 radical (unpaired) electrons. The molecule has 0 amide bonds. The number of benzene rings is 1. The molecular weight excluding hydrogens is 309 g/mol. The summed E-state index contributed by atoms with van der Waals surface area (Å²) in [5, 5.41) is 0. The molecule has 0 unspecified atom stereocenters. The van der Waals surface area contributed by atoms with E-state index in [1.165, 1.54) is 12.1 Å². The minimum Gasteiger partial charge on any atom is -0.207 e. The minimum atomic E-state index is -3.77. The molecule has 94 valence electrons. The van der Waals surface area contributed by atoms with Crippen LogP contribution >= 0.6 is 15.9 Å². The topological polar surface area (TPSA) is 46.2 Å². The van der Waals surface area contributed by atoms with E-state index in [0.717, 1.165) is 25.3 Å². The summed E-state index contributed by atoms with van der Waals surface area (Å²) in [6.07, 6.45) is 2.59. The van der Waals surface area contributed by atoms with Crippen LogP contribution in [0.1, 0.15) is 26.2 Å². The lowest BCUT2D eigenvalue weighted by molar-refractivity contribution is 0.247. The van der Waals surface area contributed by atoms with Crippen LogP contribution in [-0.4, -0.2) is 14.0 Å². The SMILES string of the molecule is CC1(NS(=O)(=O)c2ccc(Br)cc2F)CCC1. The van der Waals surface area contributed by atoms with Crippen molar-refractivity contribution in [1.82, 2.24) is 4.72 Å². The maximum atomic E-state index is 13.6. The molecule has 2 rings (SSSR count). The Morgan fingerprint density at radius 1 is 1.41 bits per heavy atom. The number of nitrogens with one attached hydrogen (secondary N) is 1. The first-order valence-corrected chi connectivity index (χ1v) is 7.59. The van der Waals surface area contributed by atoms with Crippen molar-refractivity contribution >= 4 is 26.0 Å². The molecule has 0 aromatic heterocycles. The lowest BCUT2D eigenvalue weighted by Gasteiger charge is -2.38. The molecule has 1 N–H and O–H groups in total. The first-order chi connectivity index (χ1) is 7.82. The van der Waals surface area contributed by atoms with Gasteiger partial charge in [-0.3, -0.25) is 0 Å². The zero-order chi connectivity index (χ0) is 12.7. The van der Waals surface area contributed by atoms with Crippen LogP contribution in [0.25, 0.3) is 0 Å². The van der Waals surface area contributed by atoms with E-state index < -0.39 is 21.4 Å². The van der Waals surface area contributed by atoms with Crippen LogP contribution in [0, 0.1) is 5.82 Å². The van der Waals surface area contributed by atoms with E-state index in [4.69, 9.17) is 0 Å². The summed E-state index contributed by atoms with van der Waals surface area (Å²) in [5.41, 5.74) is -0.418. The quantitative estimate of drug-likeness (QED) is 0.930. The lowest BCUT2D eigenvalue weighted by atomic mass is 9.80. The third kappa shape index (κ3) is 2.69. The van der Waals surface area contributed by atoms with Crippen molar-refractivity contribution in [1.29, 1.82) is 0 Å². The number of rotatable bonds is 3. The summed E-state index contributed by atoms with van der Waals surface area (Å²) in [7, 11) is -3.77. The molecule has 1 saturated carbocycles. The fourth-order valence-electron chi connectivity index (χ4n) is 1.88. The standard InChI is InChI=1S/C11H13BrFNO2S/c1-11(5-2-6-11)14-17(15,16)10-4-3-8(12)7-9(10)13/h3-4,7,14H,2,5-6H2,1H3. The normalized spacial score (nSPS) is 18.8. The molecule has 17 heavy (non-hydrogen) atoms. The zero-order valence-electron chi connectivity index (χ0n) is 9.33. The molecule has 0 heterocycles. The Morgan fingerprint density at radius 3 is 2.53 bits per heavy atom. The van der Waals surface area contributed by atoms with Gasteiger partial charge in [0, 0.05) is 10.0 Å². The van der Waals surface area contributed by atoms with Crippen molar-refractivity contribution in [2.75, 3.05) is 0 Å². The molecule has 0 aliphatic heterocycles. The summed E-state index contributed by atoms with van der Waals surface area (Å²) < 4.78 is 40.7. The highest BCUT2D eigenvalue weighted by Gasteiger charge is 2.36. The fourth-order valence-corrected chi connectivity index (χ4v) is 3.74. The first kappa shape index (κ1) is 13.0. The van der Waals surface area contributed by atoms with Gasteiger partial charge in [0.2, 0.25) is 10.0 Å². The fraction of sp³-hybridized carbons (Fsp3) is 0.455. The smallest absolute Gasteiger partial charge is 0.207 e. The average molecular weight is 322 g/mol. The predicted molar refractivity (Wildman–Crippen MR) is 66.7 cm³/mol. The monoisotopic (exact) mass is 321 g/mol. The van der Waals surface area contributed by atoms with E-state index in [1.807, 2.05) is 6.92 Å². The van der Waals surface area contributed by atoms with Gasteiger partial charge in [0.1, 0.15) is 10.7 Å². The van der Waals surface area contributed by atoms with Crippen molar-refractivity contribution in [2.24, 2.45) is 0 Å². The molecule has 3 nitrogen and oxygen atoms in total. The second-order valence-electron chi connectivity index (χ2n) is 4.59. The van der Waals surface area contributed by atoms with E-state index in [1.54, 1.807) is 0 Å². The second kappa shape index (κ2) is 4.33. The number of halogens is 2. The Morgan fingerprint density at radius 2 is 2.06 bits per heavy atom. The van der Waals surface area contributed by atoms with Gasteiger partial charge >= 0.3 is 0 Å². The van der Waals surface area contributed by atoms with Gasteiger partial charge in [-0.05, 0) is 44.4 Å². The molecule has 1 aliphatic carbocycles. The van der Waals surface area contributed by atoms with Gasteiger partial charge in [-0.15, -0.1) is 0 Å². The van der Waals surface area contributed by atoms with Gasteiger partial charge in [-0.1, -0.05) is 15.9 Å². The maximum Gasteiger partial charge on any atom is 0.243 e. The Hall–Kier alpha value is -0.460. The van der Waals surface area contributed by atoms with E-state index in [-0.39, 0.29) is 4.90 Å². The molecule has 0 bridgehead atoms. The Bertz CT molecular complexity index is 540. The van der Waals surface area contributed by atoms with E-state index in [2.05, 4.69) is 20.7 Å². The van der Waals surface area contributed by atoms with Crippen LogP contribution in [-0.2, 0) is 10.0 Å². The Labute approximate surface area is 109 Å². The molecule has 1 fully saturated rings. The van der Waals surface area contributed by atoms with Gasteiger partial charge in [0.05, 0.1) is 0 Å². The molecule has 1 aromatic carbocycles. The summed E-state index contributed by atoms with van der Waals surface area (Å²) in [6.45, 7) is 1.84. The van der Waals surface area contributed by atoms with Gasteiger partial charge in [-0.2, -0.15) is 0 Å². The van der Waals surface area contributed by atoms with Gasteiger partial charge in [0.25, 0.3) is 0 Å². The summed E-state index contributed by atoms with van der Waals surface area (Å²) in [4.78, 5) is -0.297. The van der Waals surface area contributed by atoms with E-state index in [9.17, 15) is 12.8 Å². The lowest BCUT2D eigenvalue weighted by Crippen LogP contribution is -2.50. The molecule has 1 aromatic rings. The second-order valence-corrected chi connectivity index (χ2v) is 7.16. The van der Waals surface area contributed by atoms with E-state index >= 15 is 0 Å². The van der Waals surface area contributed by atoms with Crippen LogP contribution in [0.2, 0.25) is 0 Å². The highest BCUT2D eigenvalue weighted by Crippen LogP contribution is 2.33. The zero-order valence-corrected chi connectivity index (χ0v) is 11.7. The Balaban J connectivity index is 2.31. The first-order valence-electron chi connectivity index (χ1n) is 5.31. The highest BCUT2D eigenvalue weighted by molar-refractivity contribution is 9.10. The molecule has 6 heteroatoms. The highest BCUT2D eigenvalue weighted by atomic mass is 79.9. The molecule has 0 saturated heterocycles. The van der Waals surface area contributed by atoms with Crippen molar-refractivity contribution in [3.8, 4) is 0 Å². The minimum absolute atomic E-state index is 0.297. The van der Waals surface area contributed by atoms with Crippen LogP contribution < -0.4 is 4.72 Å².